The monoisotopic (exact) mass is 343 g/mol. The van der Waals surface area contributed by atoms with Crippen molar-refractivity contribution in [2.24, 2.45) is 0 Å². The zero-order valence-corrected chi connectivity index (χ0v) is 15.0. The molecule has 0 spiro atoms. The Morgan fingerprint density at radius 1 is 1.24 bits per heavy atom. The Balaban J connectivity index is 1.73. The molecule has 2 aromatic rings. The lowest BCUT2D eigenvalue weighted by molar-refractivity contribution is 0.102. The van der Waals surface area contributed by atoms with E-state index in [1.165, 1.54) is 6.26 Å². The lowest BCUT2D eigenvalue weighted by Gasteiger charge is -2.32. The van der Waals surface area contributed by atoms with E-state index in [1.54, 1.807) is 20.1 Å². The maximum atomic E-state index is 12.5. The molecule has 25 heavy (non-hydrogen) atoms. The SMILES string of the molecule is COc1ccc(CN2CCN(C)CC2)cc1NC(=O)c1ccoc1C. The molecule has 6 heteroatoms. The third kappa shape index (κ3) is 4.21. The van der Waals surface area contributed by atoms with Gasteiger partial charge < -0.3 is 19.4 Å². The van der Waals surface area contributed by atoms with Crippen molar-refractivity contribution in [2.45, 2.75) is 13.5 Å². The molecule has 1 N–H and O–H groups in total. The first-order valence-electron chi connectivity index (χ1n) is 8.50. The predicted octanol–water partition coefficient (Wildman–Crippen LogP) is 2.60. The van der Waals surface area contributed by atoms with Crippen LogP contribution in [0.25, 0.3) is 0 Å². The van der Waals surface area contributed by atoms with Gasteiger partial charge in [-0.1, -0.05) is 6.07 Å². The van der Waals surface area contributed by atoms with E-state index in [-0.39, 0.29) is 5.91 Å². The summed E-state index contributed by atoms with van der Waals surface area (Å²) in [7, 11) is 3.75. The van der Waals surface area contributed by atoms with E-state index in [1.807, 2.05) is 12.1 Å². The number of anilines is 1. The molecule has 1 aliphatic rings. The van der Waals surface area contributed by atoms with Gasteiger partial charge in [0.25, 0.3) is 5.91 Å². The Hall–Kier alpha value is -2.31. The molecule has 3 rings (SSSR count). The molecule has 2 heterocycles. The largest absolute Gasteiger partial charge is 0.495 e. The van der Waals surface area contributed by atoms with Crippen LogP contribution in [-0.4, -0.2) is 56.0 Å². The van der Waals surface area contributed by atoms with E-state index >= 15 is 0 Å². The average Bonchev–Trinajstić information content (AvgIpc) is 3.03. The number of ether oxygens (including phenoxy) is 1. The van der Waals surface area contributed by atoms with Crippen molar-refractivity contribution < 1.29 is 13.9 Å². The van der Waals surface area contributed by atoms with Gasteiger partial charge in [0.1, 0.15) is 11.5 Å². The van der Waals surface area contributed by atoms with Crippen LogP contribution in [0.4, 0.5) is 5.69 Å². The van der Waals surface area contributed by atoms with Gasteiger partial charge in [0.2, 0.25) is 0 Å². The van der Waals surface area contributed by atoms with E-state index in [0.29, 0.717) is 22.8 Å². The minimum absolute atomic E-state index is 0.193. The van der Waals surface area contributed by atoms with Crippen LogP contribution >= 0.6 is 0 Å². The number of carbonyl (C=O) groups excluding carboxylic acids is 1. The fraction of sp³-hybridized carbons (Fsp3) is 0.421. The molecule has 1 aromatic carbocycles. The maximum absolute atomic E-state index is 12.5. The van der Waals surface area contributed by atoms with E-state index in [9.17, 15) is 4.79 Å². The lowest BCUT2D eigenvalue weighted by Crippen LogP contribution is -2.43. The predicted molar refractivity (Wildman–Crippen MR) is 97.2 cm³/mol. The number of piperazine rings is 1. The van der Waals surface area contributed by atoms with Crippen molar-refractivity contribution in [3.8, 4) is 5.75 Å². The molecule has 0 saturated carbocycles. The van der Waals surface area contributed by atoms with Crippen LogP contribution in [0.1, 0.15) is 21.7 Å². The summed E-state index contributed by atoms with van der Waals surface area (Å²) in [6, 6.07) is 7.62. The second-order valence-electron chi connectivity index (χ2n) is 6.46. The van der Waals surface area contributed by atoms with Gasteiger partial charge in [-0.3, -0.25) is 9.69 Å². The van der Waals surface area contributed by atoms with Crippen LogP contribution in [0.15, 0.2) is 34.9 Å². The van der Waals surface area contributed by atoms with Crippen molar-refractivity contribution in [2.75, 3.05) is 45.7 Å². The molecule has 1 aliphatic heterocycles. The number of amides is 1. The highest BCUT2D eigenvalue weighted by atomic mass is 16.5. The van der Waals surface area contributed by atoms with Gasteiger partial charge in [-0.25, -0.2) is 0 Å². The van der Waals surface area contributed by atoms with E-state index in [4.69, 9.17) is 9.15 Å². The van der Waals surface area contributed by atoms with Gasteiger partial charge in [-0.05, 0) is 37.7 Å². The summed E-state index contributed by atoms with van der Waals surface area (Å²) in [4.78, 5) is 17.2. The van der Waals surface area contributed by atoms with Crippen molar-refractivity contribution in [3.63, 3.8) is 0 Å². The first-order chi connectivity index (χ1) is 12.1. The Labute approximate surface area is 148 Å². The van der Waals surface area contributed by atoms with E-state index < -0.39 is 0 Å². The standard InChI is InChI=1S/C19H25N3O3/c1-14-16(6-11-25-14)19(23)20-17-12-15(4-5-18(17)24-3)13-22-9-7-21(2)8-10-22/h4-6,11-12H,7-10,13H2,1-3H3,(H,20,23). The number of carbonyl (C=O) groups is 1. The van der Waals surface area contributed by atoms with Gasteiger partial charge >= 0.3 is 0 Å². The normalized spacial score (nSPS) is 16.0. The molecule has 0 radical (unpaired) electrons. The lowest BCUT2D eigenvalue weighted by atomic mass is 10.1. The van der Waals surface area contributed by atoms with Gasteiger partial charge in [-0.15, -0.1) is 0 Å². The molecule has 1 aromatic heterocycles. The summed E-state index contributed by atoms with van der Waals surface area (Å²) in [5.74, 6) is 1.06. The second-order valence-corrected chi connectivity index (χ2v) is 6.46. The molecule has 1 saturated heterocycles. The number of benzene rings is 1. The van der Waals surface area contributed by atoms with Crippen molar-refractivity contribution in [1.29, 1.82) is 0 Å². The fourth-order valence-electron chi connectivity index (χ4n) is 3.03. The molecule has 0 aliphatic carbocycles. The fourth-order valence-corrected chi connectivity index (χ4v) is 3.03. The minimum Gasteiger partial charge on any atom is -0.495 e. The number of rotatable bonds is 5. The number of furan rings is 1. The highest BCUT2D eigenvalue weighted by molar-refractivity contribution is 6.05. The average molecular weight is 343 g/mol. The van der Waals surface area contributed by atoms with Crippen molar-refractivity contribution in [3.05, 3.63) is 47.4 Å². The quantitative estimate of drug-likeness (QED) is 0.904. The van der Waals surface area contributed by atoms with Gasteiger partial charge in [0.15, 0.2) is 0 Å². The van der Waals surface area contributed by atoms with Crippen molar-refractivity contribution in [1.82, 2.24) is 9.80 Å². The first kappa shape index (κ1) is 17.5. The zero-order valence-electron chi connectivity index (χ0n) is 15.0. The molecule has 1 amide bonds. The summed E-state index contributed by atoms with van der Waals surface area (Å²) < 4.78 is 10.6. The zero-order chi connectivity index (χ0) is 17.8. The van der Waals surface area contributed by atoms with Crippen LogP contribution in [-0.2, 0) is 6.54 Å². The highest BCUT2D eigenvalue weighted by Crippen LogP contribution is 2.27. The van der Waals surface area contributed by atoms with E-state index in [2.05, 4.69) is 28.2 Å². The molecule has 0 atom stereocenters. The Bertz CT molecular complexity index is 733. The van der Waals surface area contributed by atoms with Crippen LogP contribution in [0, 0.1) is 6.92 Å². The van der Waals surface area contributed by atoms with Gasteiger partial charge in [0, 0.05) is 32.7 Å². The Morgan fingerprint density at radius 3 is 2.64 bits per heavy atom. The molecular formula is C19H25N3O3. The maximum Gasteiger partial charge on any atom is 0.259 e. The number of hydrogen-bond acceptors (Lipinski definition) is 5. The second kappa shape index (κ2) is 7.72. The topological polar surface area (TPSA) is 58.0 Å². The Kier molecular flexibility index (Phi) is 5.40. The third-order valence-electron chi connectivity index (χ3n) is 4.62. The van der Waals surface area contributed by atoms with Crippen LogP contribution < -0.4 is 10.1 Å². The first-order valence-corrected chi connectivity index (χ1v) is 8.50. The van der Waals surface area contributed by atoms with E-state index in [0.717, 1.165) is 38.3 Å². The number of nitrogens with zero attached hydrogens (tertiary/aromatic N) is 2. The molecular weight excluding hydrogens is 318 g/mol. The molecule has 0 unspecified atom stereocenters. The third-order valence-corrected chi connectivity index (χ3v) is 4.62. The number of methoxy groups -OCH3 is 1. The van der Waals surface area contributed by atoms with Crippen molar-refractivity contribution >= 4 is 11.6 Å². The molecule has 0 bridgehead atoms. The summed E-state index contributed by atoms with van der Waals surface area (Å²) in [5.41, 5.74) is 2.37. The summed E-state index contributed by atoms with van der Waals surface area (Å²) in [6.45, 7) is 6.91. The Morgan fingerprint density at radius 2 is 2.00 bits per heavy atom. The summed E-state index contributed by atoms with van der Waals surface area (Å²) in [5, 5.41) is 2.94. The number of nitrogens with one attached hydrogen (secondary N) is 1. The molecule has 6 nitrogen and oxygen atoms in total. The number of aryl methyl sites for hydroxylation is 1. The molecule has 1 fully saturated rings. The highest BCUT2D eigenvalue weighted by Gasteiger charge is 2.17. The molecule has 134 valence electrons. The smallest absolute Gasteiger partial charge is 0.259 e. The van der Waals surface area contributed by atoms with Gasteiger partial charge in [-0.2, -0.15) is 0 Å². The van der Waals surface area contributed by atoms with Crippen LogP contribution in [0.3, 0.4) is 0 Å². The van der Waals surface area contributed by atoms with Crippen LogP contribution in [0.5, 0.6) is 5.75 Å². The summed E-state index contributed by atoms with van der Waals surface area (Å²) in [6.07, 6.45) is 1.52. The minimum atomic E-state index is -0.193. The summed E-state index contributed by atoms with van der Waals surface area (Å²) >= 11 is 0. The van der Waals surface area contributed by atoms with Gasteiger partial charge in [0.05, 0.1) is 24.6 Å². The number of likely N-dealkylation sites (N-methyl/N-ethyl adjacent to an activating group) is 1. The van der Waals surface area contributed by atoms with Crippen LogP contribution in [0.2, 0.25) is 0 Å². The number of hydrogen-bond donors (Lipinski definition) is 1.